The van der Waals surface area contributed by atoms with Crippen LogP contribution in [-0.4, -0.2) is 52.7 Å². The summed E-state index contributed by atoms with van der Waals surface area (Å²) in [6, 6.07) is 16.4. The summed E-state index contributed by atoms with van der Waals surface area (Å²) in [5.74, 6) is 2.81. The van der Waals surface area contributed by atoms with Gasteiger partial charge in [-0.1, -0.05) is 24.3 Å². The van der Waals surface area contributed by atoms with Crippen LogP contribution in [0.15, 0.2) is 54.6 Å². The lowest BCUT2D eigenvalue weighted by molar-refractivity contribution is -0.132. The van der Waals surface area contributed by atoms with Crippen LogP contribution in [0.4, 0.5) is 4.39 Å². The van der Waals surface area contributed by atoms with Crippen molar-refractivity contribution in [2.45, 2.75) is 23.8 Å². The van der Waals surface area contributed by atoms with Gasteiger partial charge in [-0.05, 0) is 66.7 Å². The van der Waals surface area contributed by atoms with E-state index in [1.54, 1.807) is 18.0 Å². The number of hydrogen-bond donors (Lipinski definition) is 1. The molecular formula is C25H28FN3O2S2. The molecule has 0 aliphatic carbocycles. The van der Waals surface area contributed by atoms with Gasteiger partial charge in [0.2, 0.25) is 0 Å². The smallest absolute Gasteiger partial charge is 0.260 e. The lowest BCUT2D eigenvalue weighted by atomic mass is 10.1. The van der Waals surface area contributed by atoms with Crippen molar-refractivity contribution < 1.29 is 13.9 Å². The highest BCUT2D eigenvalue weighted by Gasteiger charge is 2.16. The predicted octanol–water partition coefficient (Wildman–Crippen LogP) is 5.55. The Morgan fingerprint density at radius 2 is 1.97 bits per heavy atom. The summed E-state index contributed by atoms with van der Waals surface area (Å²) >= 11 is 3.98. The number of amides is 1. The number of nitrogens with zero attached hydrogens (tertiary/aromatic N) is 2. The van der Waals surface area contributed by atoms with Gasteiger partial charge < -0.3 is 9.64 Å². The van der Waals surface area contributed by atoms with E-state index in [0.717, 1.165) is 24.1 Å². The minimum absolute atomic E-state index is 0.0244. The molecule has 0 unspecified atom stereocenters. The fourth-order valence-corrected chi connectivity index (χ4v) is 6.47. The number of rotatable bonds is 9. The van der Waals surface area contributed by atoms with E-state index in [4.69, 9.17) is 4.74 Å². The molecule has 8 heteroatoms. The molecule has 3 aromatic rings. The van der Waals surface area contributed by atoms with Gasteiger partial charge in [0.15, 0.2) is 6.61 Å². The zero-order valence-electron chi connectivity index (χ0n) is 18.6. The molecule has 2 aromatic carbocycles. The maximum Gasteiger partial charge on any atom is 0.260 e. The second-order valence-electron chi connectivity index (χ2n) is 7.99. The van der Waals surface area contributed by atoms with E-state index in [1.165, 1.54) is 35.6 Å². The Morgan fingerprint density at radius 1 is 1.18 bits per heavy atom. The molecule has 0 saturated carbocycles. The number of halogens is 1. The van der Waals surface area contributed by atoms with Crippen LogP contribution in [-0.2, 0) is 11.2 Å². The Labute approximate surface area is 202 Å². The highest BCUT2D eigenvalue weighted by atomic mass is 32.2. The quantitative estimate of drug-likeness (QED) is 0.430. The largest absolute Gasteiger partial charge is 0.484 e. The van der Waals surface area contributed by atoms with Gasteiger partial charge in [-0.3, -0.25) is 9.89 Å². The molecule has 2 heterocycles. The molecular weight excluding hydrogens is 457 g/mol. The van der Waals surface area contributed by atoms with Crippen molar-refractivity contribution in [1.29, 1.82) is 0 Å². The van der Waals surface area contributed by atoms with Crippen LogP contribution in [0.25, 0.3) is 11.3 Å². The van der Waals surface area contributed by atoms with Gasteiger partial charge in [0.25, 0.3) is 5.91 Å². The molecule has 0 spiro atoms. The minimum Gasteiger partial charge on any atom is -0.484 e. The third-order valence-electron chi connectivity index (χ3n) is 5.46. The van der Waals surface area contributed by atoms with Gasteiger partial charge in [0, 0.05) is 24.8 Å². The molecule has 0 bridgehead atoms. The maximum absolute atomic E-state index is 13.4. The van der Waals surface area contributed by atoms with E-state index in [2.05, 4.69) is 22.3 Å². The molecule has 1 amide bonds. The van der Waals surface area contributed by atoms with Crippen LogP contribution in [0.3, 0.4) is 0 Å². The second-order valence-corrected chi connectivity index (χ2v) is 10.7. The molecule has 1 aromatic heterocycles. The van der Waals surface area contributed by atoms with Crippen molar-refractivity contribution in [3.05, 3.63) is 71.7 Å². The van der Waals surface area contributed by atoms with Crippen LogP contribution in [0.2, 0.25) is 0 Å². The van der Waals surface area contributed by atoms with Gasteiger partial charge in [0.1, 0.15) is 11.6 Å². The van der Waals surface area contributed by atoms with E-state index < -0.39 is 0 Å². The summed E-state index contributed by atoms with van der Waals surface area (Å²) in [4.78, 5) is 14.1. The van der Waals surface area contributed by atoms with Gasteiger partial charge in [-0.15, -0.1) is 23.5 Å². The zero-order valence-corrected chi connectivity index (χ0v) is 20.3. The predicted molar refractivity (Wildman–Crippen MR) is 134 cm³/mol. The number of carbonyl (C=O) groups is 1. The van der Waals surface area contributed by atoms with Crippen molar-refractivity contribution in [2.24, 2.45) is 0 Å². The minimum atomic E-state index is -0.280. The first-order valence-electron chi connectivity index (χ1n) is 11.1. The average molecular weight is 486 g/mol. The summed E-state index contributed by atoms with van der Waals surface area (Å²) < 4.78 is 19.6. The van der Waals surface area contributed by atoms with E-state index in [-0.39, 0.29) is 18.3 Å². The molecule has 4 rings (SSSR count). The van der Waals surface area contributed by atoms with Crippen molar-refractivity contribution in [1.82, 2.24) is 15.1 Å². The highest BCUT2D eigenvalue weighted by Crippen LogP contribution is 2.43. The van der Waals surface area contributed by atoms with Crippen LogP contribution in [0.5, 0.6) is 5.75 Å². The number of benzene rings is 2. The second kappa shape index (κ2) is 11.6. The Balaban J connectivity index is 1.18. The summed E-state index contributed by atoms with van der Waals surface area (Å²) in [5, 5.41) is 7.26. The van der Waals surface area contributed by atoms with Crippen molar-refractivity contribution in [2.75, 3.05) is 31.7 Å². The normalized spacial score (nSPS) is 14.2. The number of ether oxygens (including phenoxy) is 1. The Kier molecular flexibility index (Phi) is 8.34. The number of thioether (sulfide) groups is 2. The Bertz CT molecular complexity index is 1050. The van der Waals surface area contributed by atoms with Gasteiger partial charge in [0.05, 0.1) is 10.3 Å². The van der Waals surface area contributed by atoms with E-state index in [1.807, 2.05) is 47.8 Å². The lowest BCUT2D eigenvalue weighted by Crippen LogP contribution is -2.32. The number of likely N-dealkylation sites (N-methyl/N-ethyl adjacent to an activating group) is 1. The van der Waals surface area contributed by atoms with Crippen LogP contribution < -0.4 is 4.74 Å². The summed E-state index contributed by atoms with van der Waals surface area (Å²) in [7, 11) is 1.79. The summed E-state index contributed by atoms with van der Waals surface area (Å²) in [6.45, 7) is 0.641. The molecule has 0 atom stereocenters. The van der Waals surface area contributed by atoms with Gasteiger partial charge >= 0.3 is 0 Å². The molecule has 1 saturated heterocycles. The molecule has 1 aliphatic heterocycles. The van der Waals surface area contributed by atoms with Crippen LogP contribution >= 0.6 is 23.5 Å². The standard InChI is InChI=1S/C25H28FN3O2S2/c1-29(12-3-7-21-16-23(28-27-21)19-5-2-6-20(26)15-19)24(30)17-31-22-10-8-18(9-11-22)25-32-13-4-14-33-25/h2,5-6,8-11,15-16,25H,3-4,7,12-14,17H2,1H3,(H,27,28). The third-order valence-corrected chi connectivity index (χ3v) is 8.47. The number of aromatic amines is 1. The SMILES string of the molecule is CN(CCCc1cc(-c2cccc(F)c2)n[nH]1)C(=O)COc1ccc(C2SCCCS2)cc1. The third kappa shape index (κ3) is 6.77. The average Bonchev–Trinajstić information content (AvgIpc) is 3.32. The first kappa shape index (κ1) is 23.7. The summed E-state index contributed by atoms with van der Waals surface area (Å²) in [6.07, 6.45) is 2.82. The molecule has 174 valence electrons. The summed E-state index contributed by atoms with van der Waals surface area (Å²) in [5.41, 5.74) is 3.72. The van der Waals surface area contributed by atoms with Crippen LogP contribution in [0, 0.1) is 5.82 Å². The van der Waals surface area contributed by atoms with Crippen molar-refractivity contribution >= 4 is 29.4 Å². The van der Waals surface area contributed by atoms with E-state index >= 15 is 0 Å². The first-order chi connectivity index (χ1) is 16.1. The number of nitrogens with one attached hydrogen (secondary N) is 1. The van der Waals surface area contributed by atoms with Crippen molar-refractivity contribution in [3.8, 4) is 17.0 Å². The Morgan fingerprint density at radius 3 is 2.73 bits per heavy atom. The number of carbonyl (C=O) groups excluding carboxylic acids is 1. The van der Waals surface area contributed by atoms with E-state index in [0.29, 0.717) is 22.6 Å². The number of aryl methyl sites for hydroxylation is 1. The Hall–Kier alpha value is -2.45. The van der Waals surface area contributed by atoms with Gasteiger partial charge in [-0.2, -0.15) is 5.10 Å². The molecule has 1 fully saturated rings. The molecule has 1 aliphatic rings. The lowest BCUT2D eigenvalue weighted by Gasteiger charge is -2.21. The number of H-pyrrole nitrogens is 1. The molecule has 5 nitrogen and oxygen atoms in total. The topological polar surface area (TPSA) is 58.2 Å². The maximum atomic E-state index is 13.4. The zero-order chi connectivity index (χ0) is 23.0. The number of aromatic nitrogens is 2. The van der Waals surface area contributed by atoms with Crippen molar-refractivity contribution in [3.63, 3.8) is 0 Å². The molecule has 33 heavy (non-hydrogen) atoms. The fourth-order valence-electron chi connectivity index (χ4n) is 3.57. The van der Waals surface area contributed by atoms with Gasteiger partial charge in [-0.25, -0.2) is 4.39 Å². The molecule has 1 N–H and O–H groups in total. The van der Waals surface area contributed by atoms with E-state index in [9.17, 15) is 9.18 Å². The molecule has 0 radical (unpaired) electrons. The monoisotopic (exact) mass is 485 g/mol. The van der Waals surface area contributed by atoms with Crippen LogP contribution in [0.1, 0.15) is 28.7 Å². The fraction of sp³-hybridized carbons (Fsp3) is 0.360. The highest BCUT2D eigenvalue weighted by molar-refractivity contribution is 8.16. The first-order valence-corrected chi connectivity index (χ1v) is 13.2. The number of hydrogen-bond acceptors (Lipinski definition) is 5.